The molecular formula is C19H23N3O3. The largest absolute Gasteiger partial charge is 0.489 e. The average Bonchev–Trinajstić information content (AvgIpc) is 2.60. The highest BCUT2D eigenvalue weighted by Crippen LogP contribution is 2.20. The zero-order valence-electron chi connectivity index (χ0n) is 14.5. The zero-order valence-corrected chi connectivity index (χ0v) is 14.5. The molecule has 132 valence electrons. The number of carbonyl (C=O) groups excluding carboxylic acids is 1. The Morgan fingerprint density at radius 2 is 2.08 bits per heavy atom. The highest BCUT2D eigenvalue weighted by atomic mass is 16.5. The Labute approximate surface area is 147 Å². The number of benzene rings is 1. The zero-order chi connectivity index (χ0) is 17.6. The van der Waals surface area contributed by atoms with Gasteiger partial charge in [0, 0.05) is 42.8 Å². The Morgan fingerprint density at radius 1 is 1.28 bits per heavy atom. The van der Waals surface area contributed by atoms with Crippen molar-refractivity contribution < 1.29 is 14.3 Å². The molecule has 25 heavy (non-hydrogen) atoms. The van der Waals surface area contributed by atoms with Crippen molar-refractivity contribution in [2.24, 2.45) is 0 Å². The number of anilines is 1. The van der Waals surface area contributed by atoms with Gasteiger partial charge < -0.3 is 19.7 Å². The number of carbonyl (C=O) groups is 1. The molecule has 1 aliphatic heterocycles. The Hall–Kier alpha value is -2.60. The van der Waals surface area contributed by atoms with Crippen LogP contribution >= 0.6 is 0 Å². The van der Waals surface area contributed by atoms with Gasteiger partial charge in [0.1, 0.15) is 12.4 Å². The second-order valence-corrected chi connectivity index (χ2v) is 6.27. The second kappa shape index (κ2) is 7.98. The van der Waals surface area contributed by atoms with Crippen LogP contribution in [0.2, 0.25) is 0 Å². The number of rotatable bonds is 4. The van der Waals surface area contributed by atoms with Crippen LogP contribution in [0.5, 0.6) is 5.75 Å². The highest BCUT2D eigenvalue weighted by molar-refractivity contribution is 5.89. The SMILES string of the molecule is CC1CN(C(=O)Nc2cccc(OCc3cccnc3)c2)CC(C)O1. The van der Waals surface area contributed by atoms with Crippen molar-refractivity contribution in [3.63, 3.8) is 0 Å². The highest BCUT2D eigenvalue weighted by Gasteiger charge is 2.25. The standard InChI is InChI=1S/C19H23N3O3/c1-14-11-22(12-15(2)25-14)19(23)21-17-6-3-7-18(9-17)24-13-16-5-4-8-20-10-16/h3-10,14-15H,11-13H2,1-2H3,(H,21,23). The molecule has 1 aromatic heterocycles. The van der Waals surface area contributed by atoms with Gasteiger partial charge in [-0.05, 0) is 32.0 Å². The lowest BCUT2D eigenvalue weighted by molar-refractivity contribution is -0.0530. The minimum absolute atomic E-state index is 0.0450. The van der Waals surface area contributed by atoms with Gasteiger partial charge >= 0.3 is 6.03 Å². The molecule has 0 aliphatic carbocycles. The first kappa shape index (κ1) is 17.2. The number of nitrogens with zero attached hydrogens (tertiary/aromatic N) is 2. The van der Waals surface area contributed by atoms with E-state index in [0.717, 1.165) is 5.56 Å². The summed E-state index contributed by atoms with van der Waals surface area (Å²) in [4.78, 5) is 18.3. The lowest BCUT2D eigenvalue weighted by atomic mass is 10.2. The number of morpholine rings is 1. The first-order chi connectivity index (χ1) is 12.1. The Kier molecular flexibility index (Phi) is 5.50. The van der Waals surface area contributed by atoms with Gasteiger partial charge in [0.05, 0.1) is 12.2 Å². The van der Waals surface area contributed by atoms with Crippen molar-refractivity contribution in [2.75, 3.05) is 18.4 Å². The Bertz CT molecular complexity index is 698. The summed E-state index contributed by atoms with van der Waals surface area (Å²) in [5, 5.41) is 2.93. The summed E-state index contributed by atoms with van der Waals surface area (Å²) in [7, 11) is 0. The molecule has 2 amide bonds. The van der Waals surface area contributed by atoms with E-state index in [1.807, 2.05) is 50.2 Å². The van der Waals surface area contributed by atoms with Crippen molar-refractivity contribution in [1.29, 1.82) is 0 Å². The molecule has 1 aliphatic rings. The number of aromatic nitrogens is 1. The molecule has 1 fully saturated rings. The molecule has 6 heteroatoms. The van der Waals surface area contributed by atoms with Gasteiger partial charge in [-0.25, -0.2) is 4.79 Å². The molecule has 2 aromatic rings. The maximum absolute atomic E-state index is 12.5. The molecule has 2 unspecified atom stereocenters. The van der Waals surface area contributed by atoms with Crippen molar-refractivity contribution in [1.82, 2.24) is 9.88 Å². The van der Waals surface area contributed by atoms with Gasteiger partial charge in [0.2, 0.25) is 0 Å². The van der Waals surface area contributed by atoms with E-state index < -0.39 is 0 Å². The van der Waals surface area contributed by atoms with E-state index in [0.29, 0.717) is 31.1 Å². The van der Waals surface area contributed by atoms with E-state index in [9.17, 15) is 4.79 Å². The molecule has 2 atom stereocenters. The lowest BCUT2D eigenvalue weighted by Gasteiger charge is -2.35. The number of ether oxygens (including phenoxy) is 2. The summed E-state index contributed by atoms with van der Waals surface area (Å²) >= 11 is 0. The van der Waals surface area contributed by atoms with Gasteiger partial charge in [0.25, 0.3) is 0 Å². The van der Waals surface area contributed by atoms with Crippen LogP contribution in [-0.4, -0.2) is 41.2 Å². The summed E-state index contributed by atoms with van der Waals surface area (Å²) in [5.74, 6) is 0.699. The summed E-state index contributed by atoms with van der Waals surface area (Å²) in [6.07, 6.45) is 3.59. The number of hydrogen-bond acceptors (Lipinski definition) is 4. The van der Waals surface area contributed by atoms with Crippen LogP contribution in [0, 0.1) is 0 Å². The summed E-state index contributed by atoms with van der Waals surface area (Å²) < 4.78 is 11.4. The topological polar surface area (TPSA) is 63.7 Å². The fraction of sp³-hybridized carbons (Fsp3) is 0.368. The van der Waals surface area contributed by atoms with Crippen LogP contribution in [0.4, 0.5) is 10.5 Å². The van der Waals surface area contributed by atoms with E-state index >= 15 is 0 Å². The predicted octanol–water partition coefficient (Wildman–Crippen LogP) is 3.30. The van der Waals surface area contributed by atoms with Crippen LogP contribution in [0.3, 0.4) is 0 Å². The number of hydrogen-bond donors (Lipinski definition) is 1. The minimum atomic E-state index is -0.119. The molecule has 2 heterocycles. The van der Waals surface area contributed by atoms with Crippen molar-refractivity contribution in [3.8, 4) is 5.75 Å². The molecule has 0 spiro atoms. The maximum atomic E-state index is 12.5. The molecule has 0 radical (unpaired) electrons. The molecule has 1 N–H and O–H groups in total. The summed E-state index contributed by atoms with van der Waals surface area (Å²) in [5.41, 5.74) is 1.70. The van der Waals surface area contributed by atoms with Crippen LogP contribution in [-0.2, 0) is 11.3 Å². The van der Waals surface area contributed by atoms with E-state index in [-0.39, 0.29) is 18.2 Å². The third-order valence-corrected chi connectivity index (χ3v) is 3.92. The first-order valence-corrected chi connectivity index (χ1v) is 8.43. The van der Waals surface area contributed by atoms with Gasteiger partial charge in [-0.15, -0.1) is 0 Å². The average molecular weight is 341 g/mol. The molecular weight excluding hydrogens is 318 g/mol. The molecule has 1 saturated heterocycles. The van der Waals surface area contributed by atoms with Crippen molar-refractivity contribution in [3.05, 3.63) is 54.4 Å². The second-order valence-electron chi connectivity index (χ2n) is 6.27. The number of amides is 2. The van der Waals surface area contributed by atoms with Gasteiger partial charge in [-0.2, -0.15) is 0 Å². The number of urea groups is 1. The van der Waals surface area contributed by atoms with Gasteiger partial charge in [-0.1, -0.05) is 12.1 Å². The molecule has 6 nitrogen and oxygen atoms in total. The van der Waals surface area contributed by atoms with E-state index in [4.69, 9.17) is 9.47 Å². The van der Waals surface area contributed by atoms with E-state index in [1.54, 1.807) is 17.3 Å². The normalized spacial score (nSPS) is 20.2. The van der Waals surface area contributed by atoms with Crippen LogP contribution in [0.25, 0.3) is 0 Å². The summed E-state index contributed by atoms with van der Waals surface area (Å²) in [6, 6.07) is 11.1. The monoisotopic (exact) mass is 341 g/mol. The van der Waals surface area contributed by atoms with E-state index in [1.165, 1.54) is 0 Å². The van der Waals surface area contributed by atoms with Crippen molar-refractivity contribution in [2.45, 2.75) is 32.7 Å². The Morgan fingerprint density at radius 3 is 2.80 bits per heavy atom. The molecule has 1 aromatic carbocycles. The lowest BCUT2D eigenvalue weighted by Crippen LogP contribution is -2.49. The molecule has 0 saturated carbocycles. The Balaban J connectivity index is 1.58. The quantitative estimate of drug-likeness (QED) is 0.927. The fourth-order valence-electron chi connectivity index (χ4n) is 2.86. The van der Waals surface area contributed by atoms with Gasteiger partial charge in [-0.3, -0.25) is 4.98 Å². The summed E-state index contributed by atoms with van der Waals surface area (Å²) in [6.45, 7) is 5.57. The first-order valence-electron chi connectivity index (χ1n) is 8.43. The van der Waals surface area contributed by atoms with Crippen LogP contribution in [0.15, 0.2) is 48.8 Å². The smallest absolute Gasteiger partial charge is 0.322 e. The van der Waals surface area contributed by atoms with E-state index in [2.05, 4.69) is 10.3 Å². The third-order valence-electron chi connectivity index (χ3n) is 3.92. The van der Waals surface area contributed by atoms with Crippen LogP contribution < -0.4 is 10.1 Å². The van der Waals surface area contributed by atoms with Crippen molar-refractivity contribution >= 4 is 11.7 Å². The van der Waals surface area contributed by atoms with Crippen LogP contribution in [0.1, 0.15) is 19.4 Å². The third kappa shape index (κ3) is 4.93. The number of nitrogens with one attached hydrogen (secondary N) is 1. The maximum Gasteiger partial charge on any atom is 0.322 e. The predicted molar refractivity (Wildman–Crippen MR) is 95.6 cm³/mol. The molecule has 0 bridgehead atoms. The fourth-order valence-corrected chi connectivity index (χ4v) is 2.86. The minimum Gasteiger partial charge on any atom is -0.489 e. The van der Waals surface area contributed by atoms with Gasteiger partial charge in [0.15, 0.2) is 0 Å². The molecule has 3 rings (SSSR count). The number of pyridine rings is 1.